The van der Waals surface area contributed by atoms with Gasteiger partial charge in [-0.25, -0.2) is 9.18 Å². The third-order valence-corrected chi connectivity index (χ3v) is 3.63. The predicted octanol–water partition coefficient (Wildman–Crippen LogP) is 2.14. The molecule has 1 aliphatic heterocycles. The van der Waals surface area contributed by atoms with Gasteiger partial charge in [-0.3, -0.25) is 4.79 Å². The average molecular weight is 319 g/mol. The largest absolute Gasteiger partial charge is 0.465 e. The molecule has 23 heavy (non-hydrogen) atoms. The summed E-state index contributed by atoms with van der Waals surface area (Å²) in [5, 5.41) is 0. The minimum Gasteiger partial charge on any atom is -0.465 e. The summed E-state index contributed by atoms with van der Waals surface area (Å²) in [5.41, 5.74) is 0.979. The van der Waals surface area contributed by atoms with Crippen molar-refractivity contribution in [1.29, 1.82) is 0 Å². The Kier molecular flexibility index (Phi) is 5.28. The SMILES string of the molecule is COCCN1C(=O)C(=Cc2ccccc2F)C(C(=O)OC)=C1C. The Morgan fingerprint density at radius 3 is 2.61 bits per heavy atom. The second kappa shape index (κ2) is 7.19. The maximum atomic E-state index is 13.9. The third-order valence-electron chi connectivity index (χ3n) is 3.63. The lowest BCUT2D eigenvalue weighted by molar-refractivity contribution is -0.136. The van der Waals surface area contributed by atoms with E-state index in [0.29, 0.717) is 18.8 Å². The molecule has 6 heteroatoms. The summed E-state index contributed by atoms with van der Waals surface area (Å²) in [5.74, 6) is -1.47. The zero-order valence-electron chi connectivity index (χ0n) is 13.3. The van der Waals surface area contributed by atoms with E-state index in [0.717, 1.165) is 0 Å². The smallest absolute Gasteiger partial charge is 0.340 e. The van der Waals surface area contributed by atoms with Gasteiger partial charge in [-0.15, -0.1) is 0 Å². The predicted molar refractivity (Wildman–Crippen MR) is 82.7 cm³/mol. The summed E-state index contributed by atoms with van der Waals surface area (Å²) >= 11 is 0. The van der Waals surface area contributed by atoms with Crippen LogP contribution in [0.4, 0.5) is 4.39 Å². The van der Waals surface area contributed by atoms with Crippen molar-refractivity contribution in [2.75, 3.05) is 27.4 Å². The molecule has 0 saturated carbocycles. The molecule has 0 atom stereocenters. The maximum Gasteiger partial charge on any atom is 0.340 e. The summed E-state index contributed by atoms with van der Waals surface area (Å²) in [6, 6.07) is 6.05. The highest BCUT2D eigenvalue weighted by Crippen LogP contribution is 2.31. The molecule has 1 aliphatic rings. The first-order valence-electron chi connectivity index (χ1n) is 7.07. The van der Waals surface area contributed by atoms with Crippen molar-refractivity contribution in [1.82, 2.24) is 4.90 Å². The average Bonchev–Trinajstić information content (AvgIpc) is 2.77. The van der Waals surface area contributed by atoms with Crippen molar-refractivity contribution in [3.63, 3.8) is 0 Å². The number of benzene rings is 1. The molecule has 0 spiro atoms. The quantitative estimate of drug-likeness (QED) is 0.616. The fourth-order valence-corrected chi connectivity index (χ4v) is 2.43. The van der Waals surface area contributed by atoms with E-state index in [4.69, 9.17) is 9.47 Å². The summed E-state index contributed by atoms with van der Waals surface area (Å²) in [6.45, 7) is 2.28. The van der Waals surface area contributed by atoms with Gasteiger partial charge < -0.3 is 14.4 Å². The van der Waals surface area contributed by atoms with E-state index in [2.05, 4.69) is 0 Å². The normalized spacial score (nSPS) is 16.4. The highest BCUT2D eigenvalue weighted by atomic mass is 19.1. The Morgan fingerprint density at radius 2 is 2.00 bits per heavy atom. The van der Waals surface area contributed by atoms with E-state index in [1.54, 1.807) is 19.1 Å². The Morgan fingerprint density at radius 1 is 1.30 bits per heavy atom. The van der Waals surface area contributed by atoms with E-state index in [1.807, 2.05) is 0 Å². The van der Waals surface area contributed by atoms with Crippen LogP contribution in [0.5, 0.6) is 0 Å². The number of amides is 1. The number of carbonyl (C=O) groups excluding carboxylic acids is 2. The number of hydrogen-bond acceptors (Lipinski definition) is 4. The topological polar surface area (TPSA) is 55.8 Å². The Labute approximate surface area is 134 Å². The lowest BCUT2D eigenvalue weighted by Gasteiger charge is -2.16. The van der Waals surface area contributed by atoms with Gasteiger partial charge >= 0.3 is 5.97 Å². The van der Waals surface area contributed by atoms with E-state index in [1.165, 1.54) is 37.3 Å². The molecule has 0 saturated heterocycles. The van der Waals surface area contributed by atoms with Gasteiger partial charge in [0.05, 0.1) is 24.9 Å². The molecule has 1 aromatic rings. The van der Waals surface area contributed by atoms with E-state index < -0.39 is 11.8 Å². The van der Waals surface area contributed by atoms with Gasteiger partial charge in [0.25, 0.3) is 5.91 Å². The van der Waals surface area contributed by atoms with Crippen LogP contribution in [-0.4, -0.2) is 44.1 Å². The lowest BCUT2D eigenvalue weighted by atomic mass is 10.0. The molecule has 0 aliphatic carbocycles. The molecule has 0 radical (unpaired) electrons. The number of rotatable bonds is 5. The van der Waals surface area contributed by atoms with Gasteiger partial charge in [0, 0.05) is 24.9 Å². The monoisotopic (exact) mass is 319 g/mol. The molecule has 1 aromatic carbocycles. The van der Waals surface area contributed by atoms with Gasteiger partial charge in [-0.2, -0.15) is 0 Å². The minimum absolute atomic E-state index is 0.121. The fourth-order valence-electron chi connectivity index (χ4n) is 2.43. The van der Waals surface area contributed by atoms with Crippen molar-refractivity contribution in [2.45, 2.75) is 6.92 Å². The van der Waals surface area contributed by atoms with E-state index in [-0.39, 0.29) is 22.6 Å². The number of allylic oxidation sites excluding steroid dienone is 1. The van der Waals surface area contributed by atoms with Crippen LogP contribution in [0.25, 0.3) is 6.08 Å². The van der Waals surface area contributed by atoms with Crippen molar-refractivity contribution in [3.8, 4) is 0 Å². The summed E-state index contributed by atoms with van der Waals surface area (Å²) in [7, 11) is 2.77. The van der Waals surface area contributed by atoms with Crippen LogP contribution in [0.1, 0.15) is 12.5 Å². The number of hydrogen-bond donors (Lipinski definition) is 0. The summed E-state index contributed by atoms with van der Waals surface area (Å²) in [6.07, 6.45) is 1.38. The van der Waals surface area contributed by atoms with Crippen LogP contribution >= 0.6 is 0 Å². The van der Waals surface area contributed by atoms with Crippen molar-refractivity contribution in [3.05, 3.63) is 52.5 Å². The molecule has 0 N–H and O–H groups in total. The van der Waals surface area contributed by atoms with Crippen molar-refractivity contribution < 1.29 is 23.5 Å². The molecule has 0 unspecified atom stereocenters. The zero-order chi connectivity index (χ0) is 17.0. The molecule has 1 heterocycles. The standard InChI is InChI=1S/C17H18FNO4/c1-11-15(17(21)23-3)13(16(20)19(11)8-9-22-2)10-12-6-4-5-7-14(12)18/h4-7,10H,8-9H2,1-3H3. The van der Waals surface area contributed by atoms with Gasteiger partial charge in [0.2, 0.25) is 0 Å². The number of methoxy groups -OCH3 is 2. The molecule has 5 nitrogen and oxygen atoms in total. The number of ether oxygens (including phenoxy) is 2. The Balaban J connectivity index is 2.50. The van der Waals surface area contributed by atoms with E-state index >= 15 is 0 Å². The highest BCUT2D eigenvalue weighted by Gasteiger charge is 2.36. The first-order chi connectivity index (χ1) is 11.0. The third kappa shape index (κ3) is 3.32. The van der Waals surface area contributed by atoms with Crippen LogP contribution in [-0.2, 0) is 19.1 Å². The summed E-state index contributed by atoms with van der Waals surface area (Å²) in [4.78, 5) is 26.1. The molecule has 0 fully saturated rings. The van der Waals surface area contributed by atoms with Crippen molar-refractivity contribution >= 4 is 18.0 Å². The minimum atomic E-state index is -0.627. The molecular weight excluding hydrogens is 301 g/mol. The Hall–Kier alpha value is -2.47. The van der Waals surface area contributed by atoms with Gasteiger partial charge in [-0.05, 0) is 19.1 Å². The van der Waals surface area contributed by atoms with Crippen LogP contribution in [0, 0.1) is 5.82 Å². The van der Waals surface area contributed by atoms with Gasteiger partial charge in [0.15, 0.2) is 0 Å². The van der Waals surface area contributed by atoms with Crippen LogP contribution in [0.3, 0.4) is 0 Å². The van der Waals surface area contributed by atoms with Gasteiger partial charge in [-0.1, -0.05) is 18.2 Å². The van der Waals surface area contributed by atoms with Crippen LogP contribution < -0.4 is 0 Å². The molecule has 1 amide bonds. The number of nitrogens with zero attached hydrogens (tertiary/aromatic N) is 1. The maximum absolute atomic E-state index is 13.9. The molecule has 2 rings (SSSR count). The zero-order valence-corrected chi connectivity index (χ0v) is 13.3. The summed E-state index contributed by atoms with van der Waals surface area (Å²) < 4.78 is 23.6. The van der Waals surface area contributed by atoms with Gasteiger partial charge in [0.1, 0.15) is 5.82 Å². The second-order valence-corrected chi connectivity index (χ2v) is 4.98. The van der Waals surface area contributed by atoms with Crippen LogP contribution in [0.15, 0.2) is 41.1 Å². The number of halogens is 1. The Bertz CT molecular complexity index is 694. The molecular formula is C17H18FNO4. The lowest BCUT2D eigenvalue weighted by Crippen LogP contribution is -2.28. The number of carbonyl (C=O) groups is 2. The first kappa shape index (κ1) is 16.9. The van der Waals surface area contributed by atoms with Crippen molar-refractivity contribution in [2.24, 2.45) is 0 Å². The second-order valence-electron chi connectivity index (χ2n) is 4.98. The fraction of sp³-hybridized carbons (Fsp3) is 0.294. The van der Waals surface area contributed by atoms with Crippen LogP contribution in [0.2, 0.25) is 0 Å². The highest BCUT2D eigenvalue weighted by molar-refractivity contribution is 6.16. The molecule has 122 valence electrons. The molecule has 0 aromatic heterocycles. The number of esters is 1. The first-order valence-corrected chi connectivity index (χ1v) is 7.07. The van der Waals surface area contributed by atoms with E-state index in [9.17, 15) is 14.0 Å². The molecule has 0 bridgehead atoms.